The van der Waals surface area contributed by atoms with Crippen molar-refractivity contribution in [3.8, 4) is 45.3 Å². The highest BCUT2D eigenvalue weighted by atomic mass is 15.1. The number of aryl methyl sites for hydroxylation is 1. The third-order valence-corrected chi connectivity index (χ3v) is 8.03. The molecule has 0 spiro atoms. The molecule has 7 rings (SSSR count). The van der Waals surface area contributed by atoms with E-state index in [1.54, 1.807) is 0 Å². The summed E-state index contributed by atoms with van der Waals surface area (Å²) >= 11 is 0. The summed E-state index contributed by atoms with van der Waals surface area (Å²) in [5.41, 5.74) is 10.6. The minimum atomic E-state index is 0.631. The molecule has 222 valence electrons. The van der Waals surface area contributed by atoms with Crippen LogP contribution in [0.2, 0.25) is 0 Å². The number of nitrogens with zero attached hydrogens (tertiary/aromatic N) is 4. The lowest BCUT2D eigenvalue weighted by Gasteiger charge is -2.28. The molecule has 1 heterocycles. The molecule has 0 aliphatic rings. The highest BCUT2D eigenvalue weighted by molar-refractivity contribution is 5.87. The predicted molar refractivity (Wildman–Crippen MR) is 191 cm³/mol. The summed E-state index contributed by atoms with van der Waals surface area (Å²) in [6, 6.07) is 54.1. The molecule has 0 atom stereocenters. The second-order valence-electron chi connectivity index (χ2n) is 11.1. The number of anilines is 4. The smallest absolute Gasteiger partial charge is 0.164 e. The van der Waals surface area contributed by atoms with Gasteiger partial charge in [0.15, 0.2) is 17.5 Å². The fourth-order valence-corrected chi connectivity index (χ4v) is 5.70. The Kier molecular flexibility index (Phi) is 8.04. The van der Waals surface area contributed by atoms with E-state index in [-0.39, 0.29) is 0 Å². The molecule has 0 saturated carbocycles. The minimum Gasteiger partial charge on any atom is -0.388 e. The van der Waals surface area contributed by atoms with Gasteiger partial charge in [0.05, 0.1) is 5.69 Å². The van der Waals surface area contributed by atoms with Gasteiger partial charge in [-0.25, -0.2) is 15.0 Å². The molecule has 5 heteroatoms. The van der Waals surface area contributed by atoms with Crippen molar-refractivity contribution in [1.29, 1.82) is 0 Å². The second-order valence-corrected chi connectivity index (χ2v) is 11.1. The Labute approximate surface area is 269 Å². The molecule has 0 amide bonds. The van der Waals surface area contributed by atoms with Crippen molar-refractivity contribution in [2.24, 2.45) is 0 Å². The number of hydrogen-bond donors (Lipinski definition) is 1. The van der Waals surface area contributed by atoms with E-state index in [0.717, 1.165) is 39.4 Å². The van der Waals surface area contributed by atoms with Crippen LogP contribution in [0.25, 0.3) is 45.3 Å². The standard InChI is InChI=1S/C41H33N5/c1-29-27-36(30-15-7-3-8-16-30)37(42-2)28-38(29)46(34-21-13-6-14-22-34)35-25-23-33(24-26-35)41-44-39(31-17-9-4-10-18-31)43-40(45-41)32-19-11-5-12-20-32/h3-28,42H,1-2H3. The fraction of sp³-hybridized carbons (Fsp3) is 0.0488. The van der Waals surface area contributed by atoms with E-state index in [9.17, 15) is 0 Å². The first-order valence-electron chi connectivity index (χ1n) is 15.4. The van der Waals surface area contributed by atoms with Gasteiger partial charge in [-0.15, -0.1) is 0 Å². The summed E-state index contributed by atoms with van der Waals surface area (Å²) in [7, 11) is 1.98. The first-order chi connectivity index (χ1) is 22.7. The molecular weight excluding hydrogens is 562 g/mol. The molecule has 0 aliphatic heterocycles. The van der Waals surface area contributed by atoms with Crippen molar-refractivity contribution in [2.75, 3.05) is 17.3 Å². The summed E-state index contributed by atoms with van der Waals surface area (Å²) in [5, 5.41) is 3.44. The number of rotatable bonds is 8. The van der Waals surface area contributed by atoms with Gasteiger partial charge in [0.1, 0.15) is 0 Å². The van der Waals surface area contributed by atoms with Crippen LogP contribution in [0, 0.1) is 6.92 Å². The van der Waals surface area contributed by atoms with Gasteiger partial charge < -0.3 is 10.2 Å². The van der Waals surface area contributed by atoms with Gasteiger partial charge in [-0.2, -0.15) is 0 Å². The number of nitrogens with one attached hydrogen (secondary N) is 1. The van der Waals surface area contributed by atoms with Gasteiger partial charge in [-0.05, 0) is 66.6 Å². The molecule has 0 saturated heterocycles. The van der Waals surface area contributed by atoms with Crippen molar-refractivity contribution in [1.82, 2.24) is 15.0 Å². The zero-order chi connectivity index (χ0) is 31.3. The Balaban J connectivity index is 1.32. The van der Waals surface area contributed by atoms with E-state index < -0.39 is 0 Å². The van der Waals surface area contributed by atoms with E-state index in [0.29, 0.717) is 17.5 Å². The molecule has 46 heavy (non-hydrogen) atoms. The van der Waals surface area contributed by atoms with Crippen LogP contribution in [-0.2, 0) is 0 Å². The highest BCUT2D eigenvalue weighted by Crippen LogP contribution is 2.41. The number of benzene rings is 6. The zero-order valence-electron chi connectivity index (χ0n) is 25.8. The number of hydrogen-bond acceptors (Lipinski definition) is 5. The lowest BCUT2D eigenvalue weighted by Crippen LogP contribution is -2.12. The van der Waals surface area contributed by atoms with Crippen LogP contribution in [0.1, 0.15) is 5.56 Å². The molecule has 0 aliphatic carbocycles. The normalized spacial score (nSPS) is 10.8. The van der Waals surface area contributed by atoms with E-state index in [2.05, 4.69) is 102 Å². The molecule has 0 unspecified atom stereocenters. The Morgan fingerprint density at radius 1 is 0.457 bits per heavy atom. The molecule has 1 aromatic heterocycles. The van der Waals surface area contributed by atoms with Crippen LogP contribution >= 0.6 is 0 Å². The third-order valence-electron chi connectivity index (χ3n) is 8.03. The van der Waals surface area contributed by atoms with E-state index in [1.165, 1.54) is 16.7 Å². The van der Waals surface area contributed by atoms with Crippen LogP contribution in [-0.4, -0.2) is 22.0 Å². The number of aromatic nitrogens is 3. The molecule has 6 aromatic carbocycles. The summed E-state index contributed by atoms with van der Waals surface area (Å²) in [5.74, 6) is 1.92. The monoisotopic (exact) mass is 595 g/mol. The maximum atomic E-state index is 4.92. The van der Waals surface area contributed by atoms with Crippen LogP contribution < -0.4 is 10.2 Å². The van der Waals surface area contributed by atoms with Gasteiger partial charge in [0, 0.05) is 46.4 Å². The van der Waals surface area contributed by atoms with Gasteiger partial charge in [-0.1, -0.05) is 109 Å². The Morgan fingerprint density at radius 2 is 0.870 bits per heavy atom. The van der Waals surface area contributed by atoms with E-state index in [1.807, 2.05) is 79.8 Å². The SMILES string of the molecule is CNc1cc(N(c2ccccc2)c2ccc(-c3nc(-c4ccccc4)nc(-c4ccccc4)n3)cc2)c(C)cc1-c1ccccc1. The fourth-order valence-electron chi connectivity index (χ4n) is 5.70. The lowest BCUT2D eigenvalue weighted by atomic mass is 9.99. The Hall–Kier alpha value is -6.07. The van der Waals surface area contributed by atoms with Gasteiger partial charge in [-0.3, -0.25) is 0 Å². The van der Waals surface area contributed by atoms with Gasteiger partial charge in [0.2, 0.25) is 0 Å². The number of para-hydroxylation sites is 1. The lowest BCUT2D eigenvalue weighted by molar-refractivity contribution is 1.07. The first-order valence-corrected chi connectivity index (χ1v) is 15.4. The predicted octanol–water partition coefficient (Wildman–Crippen LogP) is 10.4. The average molecular weight is 596 g/mol. The molecule has 7 aromatic rings. The maximum Gasteiger partial charge on any atom is 0.164 e. The average Bonchev–Trinajstić information content (AvgIpc) is 3.14. The summed E-state index contributed by atoms with van der Waals surface area (Å²) in [6.45, 7) is 2.17. The Morgan fingerprint density at radius 3 is 1.35 bits per heavy atom. The summed E-state index contributed by atoms with van der Waals surface area (Å²) in [6.07, 6.45) is 0. The maximum absolute atomic E-state index is 4.92. The van der Waals surface area contributed by atoms with Crippen molar-refractivity contribution >= 4 is 22.7 Å². The topological polar surface area (TPSA) is 53.9 Å². The molecule has 0 bridgehead atoms. The van der Waals surface area contributed by atoms with Crippen LogP contribution in [0.15, 0.2) is 158 Å². The summed E-state index contributed by atoms with van der Waals surface area (Å²) < 4.78 is 0. The molecular formula is C41H33N5. The van der Waals surface area contributed by atoms with Gasteiger partial charge >= 0.3 is 0 Å². The third kappa shape index (κ3) is 5.86. The molecule has 1 N–H and O–H groups in total. The largest absolute Gasteiger partial charge is 0.388 e. The van der Waals surface area contributed by atoms with Crippen LogP contribution in [0.3, 0.4) is 0 Å². The van der Waals surface area contributed by atoms with Gasteiger partial charge in [0.25, 0.3) is 0 Å². The first kappa shape index (κ1) is 28.7. The van der Waals surface area contributed by atoms with Crippen molar-refractivity contribution in [2.45, 2.75) is 6.92 Å². The van der Waals surface area contributed by atoms with Crippen molar-refractivity contribution in [3.05, 3.63) is 163 Å². The Bertz CT molecular complexity index is 2000. The van der Waals surface area contributed by atoms with E-state index >= 15 is 0 Å². The van der Waals surface area contributed by atoms with E-state index in [4.69, 9.17) is 15.0 Å². The van der Waals surface area contributed by atoms with Crippen LogP contribution in [0.5, 0.6) is 0 Å². The zero-order valence-corrected chi connectivity index (χ0v) is 25.8. The quantitative estimate of drug-likeness (QED) is 0.189. The van der Waals surface area contributed by atoms with Crippen molar-refractivity contribution in [3.63, 3.8) is 0 Å². The molecule has 5 nitrogen and oxygen atoms in total. The minimum absolute atomic E-state index is 0.631. The highest BCUT2D eigenvalue weighted by Gasteiger charge is 2.19. The van der Waals surface area contributed by atoms with Crippen molar-refractivity contribution < 1.29 is 0 Å². The summed E-state index contributed by atoms with van der Waals surface area (Å²) in [4.78, 5) is 17.0. The second kappa shape index (κ2) is 12.9. The molecule has 0 radical (unpaired) electrons. The molecule has 0 fully saturated rings. The van der Waals surface area contributed by atoms with Crippen LogP contribution in [0.4, 0.5) is 22.7 Å².